The van der Waals surface area contributed by atoms with Gasteiger partial charge in [0.15, 0.2) is 0 Å². The number of ether oxygens (including phenoxy) is 1. The third-order valence-electron chi connectivity index (χ3n) is 7.62. The third kappa shape index (κ3) is 3.08. The summed E-state index contributed by atoms with van der Waals surface area (Å²) in [7, 11) is 1.78. The Morgan fingerprint density at radius 1 is 1.00 bits per heavy atom. The van der Waals surface area contributed by atoms with E-state index in [2.05, 4.69) is 10.2 Å². The largest absolute Gasteiger partial charge is 0.380 e. The quantitative estimate of drug-likeness (QED) is 0.851. The number of rotatable bonds is 3. The van der Waals surface area contributed by atoms with Gasteiger partial charge in [-0.2, -0.15) is 0 Å². The molecular weight excluding hydrogens is 366 g/mol. The van der Waals surface area contributed by atoms with Crippen LogP contribution in [0.2, 0.25) is 0 Å². The number of imide groups is 1. The maximum absolute atomic E-state index is 13.8. The molecule has 2 saturated carbocycles. The Bertz CT molecular complexity index is 764. The number of carbonyl (C=O) groups excluding carboxylic acids is 2. The summed E-state index contributed by atoms with van der Waals surface area (Å²) in [6.07, 6.45) is 7.77. The molecule has 2 saturated heterocycles. The van der Waals surface area contributed by atoms with Crippen LogP contribution < -0.4 is 10.2 Å². The van der Waals surface area contributed by atoms with E-state index in [1.54, 1.807) is 7.11 Å². The number of piperidine rings is 1. The molecule has 1 aromatic carbocycles. The Balaban J connectivity index is 1.55. The van der Waals surface area contributed by atoms with Gasteiger partial charge in [-0.05, 0) is 43.7 Å². The van der Waals surface area contributed by atoms with Crippen LogP contribution in [0.25, 0.3) is 0 Å². The van der Waals surface area contributed by atoms with Crippen molar-refractivity contribution >= 4 is 17.6 Å². The van der Waals surface area contributed by atoms with Gasteiger partial charge in [0.1, 0.15) is 0 Å². The van der Waals surface area contributed by atoms with E-state index in [0.717, 1.165) is 44.9 Å². The second-order valence-electron chi connectivity index (χ2n) is 9.04. The molecule has 2 aliphatic carbocycles. The minimum Gasteiger partial charge on any atom is -0.380 e. The van der Waals surface area contributed by atoms with Crippen LogP contribution in [0, 0.1) is 11.8 Å². The van der Waals surface area contributed by atoms with Gasteiger partial charge in [0.25, 0.3) is 0 Å². The number of urea groups is 1. The Morgan fingerprint density at radius 2 is 1.76 bits per heavy atom. The summed E-state index contributed by atoms with van der Waals surface area (Å²) in [6.45, 7) is 0.615. The smallest absolute Gasteiger partial charge is 0.331 e. The standard InChI is InChI=1S/C23H31N3O3/c1-29-19-13-7-12-17-20(19)24-14-18-21(17)25(15-10-5-6-11-15)23(28)26(22(18)27)16-8-3-2-4-9-16/h2-4,8-9,15,17-21,24H,5-7,10-14H2,1H3. The van der Waals surface area contributed by atoms with Gasteiger partial charge in [0.2, 0.25) is 5.91 Å². The molecule has 0 spiro atoms. The summed E-state index contributed by atoms with van der Waals surface area (Å²) in [5.74, 6) is 0.0372. The van der Waals surface area contributed by atoms with E-state index in [0.29, 0.717) is 12.2 Å². The van der Waals surface area contributed by atoms with Crippen LogP contribution >= 0.6 is 0 Å². The molecule has 3 amide bonds. The number of carbonyl (C=O) groups is 2. The summed E-state index contributed by atoms with van der Waals surface area (Å²) in [4.78, 5) is 30.9. The van der Waals surface area contributed by atoms with Crippen LogP contribution in [-0.2, 0) is 9.53 Å². The molecule has 29 heavy (non-hydrogen) atoms. The van der Waals surface area contributed by atoms with Crippen LogP contribution in [0.1, 0.15) is 44.9 Å². The van der Waals surface area contributed by atoms with Crippen LogP contribution in [0.3, 0.4) is 0 Å². The number of anilines is 1. The molecule has 1 N–H and O–H groups in total. The maximum atomic E-state index is 13.8. The van der Waals surface area contributed by atoms with Crippen molar-refractivity contribution < 1.29 is 14.3 Å². The lowest BCUT2D eigenvalue weighted by atomic mass is 9.69. The zero-order chi connectivity index (χ0) is 20.0. The van der Waals surface area contributed by atoms with Gasteiger partial charge in [-0.15, -0.1) is 0 Å². The normalized spacial score (nSPS) is 35.6. The fourth-order valence-corrected chi connectivity index (χ4v) is 6.34. The highest BCUT2D eigenvalue weighted by Crippen LogP contribution is 2.43. The molecular formula is C23H31N3O3. The minimum atomic E-state index is -0.189. The highest BCUT2D eigenvalue weighted by Gasteiger charge is 2.56. The van der Waals surface area contributed by atoms with E-state index in [-0.39, 0.29) is 48.0 Å². The Morgan fingerprint density at radius 3 is 2.48 bits per heavy atom. The first kappa shape index (κ1) is 19.1. The lowest BCUT2D eigenvalue weighted by Gasteiger charge is -2.56. The van der Waals surface area contributed by atoms with Gasteiger partial charge in [0, 0.05) is 25.7 Å². The Kier molecular flexibility index (Phi) is 5.08. The zero-order valence-corrected chi connectivity index (χ0v) is 17.1. The van der Waals surface area contributed by atoms with Crippen LogP contribution in [0.15, 0.2) is 30.3 Å². The molecule has 1 aromatic rings. The number of hydrogen-bond donors (Lipinski definition) is 1. The van der Waals surface area contributed by atoms with E-state index in [1.807, 2.05) is 30.3 Å². The molecule has 2 heterocycles. The van der Waals surface area contributed by atoms with Crippen LogP contribution in [-0.4, -0.2) is 54.7 Å². The Labute approximate surface area is 172 Å². The molecule has 5 atom stereocenters. The van der Waals surface area contributed by atoms with E-state index >= 15 is 0 Å². The SMILES string of the molecule is COC1CCCC2C1NCC1C(=O)N(c3ccccc3)C(=O)N(C3CCCC3)C12. The van der Waals surface area contributed by atoms with E-state index < -0.39 is 0 Å². The number of methoxy groups -OCH3 is 1. The predicted octanol–water partition coefficient (Wildman–Crippen LogP) is 3.17. The fraction of sp³-hybridized carbons (Fsp3) is 0.652. The van der Waals surface area contributed by atoms with Gasteiger partial charge in [-0.3, -0.25) is 4.79 Å². The molecule has 5 unspecified atom stereocenters. The highest BCUT2D eigenvalue weighted by molar-refractivity contribution is 6.17. The van der Waals surface area contributed by atoms with E-state index in [4.69, 9.17) is 4.74 Å². The molecule has 5 rings (SSSR count). The van der Waals surface area contributed by atoms with E-state index in [1.165, 1.54) is 4.90 Å². The summed E-state index contributed by atoms with van der Waals surface area (Å²) >= 11 is 0. The predicted molar refractivity (Wildman–Crippen MR) is 111 cm³/mol. The van der Waals surface area contributed by atoms with Gasteiger partial charge in [0.05, 0.1) is 23.8 Å². The molecule has 0 aromatic heterocycles. The van der Waals surface area contributed by atoms with Crippen LogP contribution in [0.5, 0.6) is 0 Å². The van der Waals surface area contributed by atoms with Crippen molar-refractivity contribution in [3.8, 4) is 0 Å². The molecule has 0 radical (unpaired) electrons. The third-order valence-corrected chi connectivity index (χ3v) is 7.62. The molecule has 0 bridgehead atoms. The summed E-state index contributed by atoms with van der Waals surface area (Å²) in [5.41, 5.74) is 0.685. The van der Waals surface area contributed by atoms with Crippen molar-refractivity contribution in [1.82, 2.24) is 10.2 Å². The number of para-hydroxylation sites is 1. The first-order chi connectivity index (χ1) is 14.2. The second kappa shape index (κ2) is 7.73. The van der Waals surface area contributed by atoms with Gasteiger partial charge < -0.3 is 15.0 Å². The lowest BCUT2D eigenvalue weighted by molar-refractivity contribution is -0.131. The highest BCUT2D eigenvalue weighted by atomic mass is 16.5. The number of benzene rings is 1. The second-order valence-corrected chi connectivity index (χ2v) is 9.04. The Hall–Kier alpha value is -1.92. The fourth-order valence-electron chi connectivity index (χ4n) is 6.34. The van der Waals surface area contributed by atoms with Gasteiger partial charge in [-0.25, -0.2) is 9.69 Å². The average Bonchev–Trinajstić information content (AvgIpc) is 3.28. The first-order valence-electron chi connectivity index (χ1n) is 11.2. The molecule has 156 valence electrons. The maximum Gasteiger partial charge on any atom is 0.331 e. The number of amides is 3. The zero-order valence-electron chi connectivity index (χ0n) is 17.1. The molecule has 6 nitrogen and oxygen atoms in total. The topological polar surface area (TPSA) is 61.9 Å². The van der Waals surface area contributed by atoms with Crippen LogP contribution in [0.4, 0.5) is 10.5 Å². The number of hydrogen-bond acceptors (Lipinski definition) is 4. The van der Waals surface area contributed by atoms with Gasteiger partial charge >= 0.3 is 6.03 Å². The van der Waals surface area contributed by atoms with Crippen molar-refractivity contribution in [2.24, 2.45) is 11.8 Å². The van der Waals surface area contributed by atoms with E-state index in [9.17, 15) is 9.59 Å². The molecule has 4 fully saturated rings. The lowest BCUT2D eigenvalue weighted by Crippen LogP contribution is -2.73. The molecule has 2 aliphatic heterocycles. The van der Waals surface area contributed by atoms with Crippen molar-refractivity contribution in [1.29, 1.82) is 0 Å². The van der Waals surface area contributed by atoms with Crippen molar-refractivity contribution in [2.45, 2.75) is 69.2 Å². The summed E-state index contributed by atoms with van der Waals surface area (Å²) in [6, 6.07) is 9.77. The summed E-state index contributed by atoms with van der Waals surface area (Å²) in [5, 5.41) is 3.64. The molecule has 4 aliphatic rings. The average molecular weight is 398 g/mol. The first-order valence-corrected chi connectivity index (χ1v) is 11.2. The minimum absolute atomic E-state index is 0.0118. The summed E-state index contributed by atoms with van der Waals surface area (Å²) < 4.78 is 5.78. The van der Waals surface area contributed by atoms with Gasteiger partial charge in [-0.1, -0.05) is 37.5 Å². The van der Waals surface area contributed by atoms with Crippen molar-refractivity contribution in [2.75, 3.05) is 18.6 Å². The number of nitrogens with one attached hydrogen (secondary N) is 1. The van der Waals surface area contributed by atoms with Crippen molar-refractivity contribution in [3.05, 3.63) is 30.3 Å². The monoisotopic (exact) mass is 397 g/mol. The number of nitrogens with zero attached hydrogens (tertiary/aromatic N) is 2. The molecule has 6 heteroatoms. The number of fused-ring (bicyclic) bond motifs is 3. The van der Waals surface area contributed by atoms with Crippen molar-refractivity contribution in [3.63, 3.8) is 0 Å².